The Morgan fingerprint density at radius 1 is 1.12 bits per heavy atom. The minimum absolute atomic E-state index is 0.129. The highest BCUT2D eigenvalue weighted by molar-refractivity contribution is 5.29. The predicted molar refractivity (Wildman–Crippen MR) is 66.0 cm³/mol. The van der Waals surface area contributed by atoms with Crippen LogP contribution in [0.15, 0.2) is 12.2 Å². The predicted octanol–water partition coefficient (Wildman–Crippen LogP) is 3.53. The maximum absolute atomic E-state index is 10.7. The van der Waals surface area contributed by atoms with Gasteiger partial charge in [0.1, 0.15) is 0 Å². The van der Waals surface area contributed by atoms with Crippen molar-refractivity contribution < 1.29 is 5.11 Å². The van der Waals surface area contributed by atoms with Gasteiger partial charge in [-0.1, -0.05) is 39.3 Å². The lowest BCUT2D eigenvalue weighted by Gasteiger charge is -2.46. The van der Waals surface area contributed by atoms with E-state index in [1.807, 2.05) is 0 Å². The molecule has 0 radical (unpaired) electrons. The summed E-state index contributed by atoms with van der Waals surface area (Å²) in [6, 6.07) is 0. The van der Waals surface area contributed by atoms with Gasteiger partial charge in [0.05, 0.1) is 6.10 Å². The molecular formula is C15H24O. The quantitative estimate of drug-likeness (QED) is 0.619. The van der Waals surface area contributed by atoms with Gasteiger partial charge in [0.25, 0.3) is 0 Å². The second-order valence-corrected chi connectivity index (χ2v) is 7.10. The molecule has 1 nitrogen and oxygen atoms in total. The molecule has 3 aliphatic carbocycles. The molecule has 3 aliphatic rings. The van der Waals surface area contributed by atoms with Crippen molar-refractivity contribution >= 4 is 0 Å². The molecule has 3 fully saturated rings. The van der Waals surface area contributed by atoms with E-state index in [-0.39, 0.29) is 11.5 Å². The standard InChI is InChI=1S/C15H24O/c1-10-6-9-14(3)12(16)11(10)13(2)7-5-8-15(13,14)4/h11-12,16H,1,5-9H2,2-4H3/t11-,12-,13-,14+,15-/m1/s1. The molecule has 3 saturated carbocycles. The van der Waals surface area contributed by atoms with Crippen molar-refractivity contribution in [2.45, 2.75) is 59.0 Å². The van der Waals surface area contributed by atoms with Gasteiger partial charge in [-0.3, -0.25) is 0 Å². The Labute approximate surface area is 98.9 Å². The molecule has 0 amide bonds. The number of hydrogen-bond donors (Lipinski definition) is 1. The summed E-state index contributed by atoms with van der Waals surface area (Å²) in [6.45, 7) is 11.4. The monoisotopic (exact) mass is 220 g/mol. The first-order valence-corrected chi connectivity index (χ1v) is 6.73. The normalized spacial score (nSPS) is 60.1. The molecule has 3 rings (SSSR count). The van der Waals surface area contributed by atoms with Crippen LogP contribution in [0.3, 0.4) is 0 Å². The van der Waals surface area contributed by atoms with Crippen LogP contribution in [0.25, 0.3) is 0 Å². The maximum atomic E-state index is 10.7. The summed E-state index contributed by atoms with van der Waals surface area (Å²) in [4.78, 5) is 0. The lowest BCUT2D eigenvalue weighted by Crippen LogP contribution is -2.43. The smallest absolute Gasteiger partial charge is 0.0669 e. The van der Waals surface area contributed by atoms with Gasteiger partial charge in [-0.25, -0.2) is 0 Å². The average Bonchev–Trinajstić information content (AvgIpc) is 2.55. The fraction of sp³-hybridized carbons (Fsp3) is 0.867. The molecule has 0 aromatic heterocycles. The van der Waals surface area contributed by atoms with Crippen LogP contribution in [-0.2, 0) is 0 Å². The number of hydrogen-bond acceptors (Lipinski definition) is 1. The number of fused-ring (bicyclic) bond motifs is 5. The molecular weight excluding hydrogens is 196 g/mol. The highest BCUT2D eigenvalue weighted by Crippen LogP contribution is 2.76. The summed E-state index contributed by atoms with van der Waals surface area (Å²) in [7, 11) is 0. The molecule has 0 heterocycles. The maximum Gasteiger partial charge on any atom is 0.0669 e. The number of rotatable bonds is 0. The van der Waals surface area contributed by atoms with Crippen LogP contribution in [0.5, 0.6) is 0 Å². The fourth-order valence-electron chi connectivity index (χ4n) is 5.52. The van der Waals surface area contributed by atoms with Crippen LogP contribution in [-0.4, -0.2) is 11.2 Å². The summed E-state index contributed by atoms with van der Waals surface area (Å²) >= 11 is 0. The lowest BCUT2D eigenvalue weighted by molar-refractivity contribution is -0.0347. The van der Waals surface area contributed by atoms with Gasteiger partial charge in [0.2, 0.25) is 0 Å². The molecule has 0 spiro atoms. The molecule has 5 atom stereocenters. The topological polar surface area (TPSA) is 20.2 Å². The van der Waals surface area contributed by atoms with E-state index in [9.17, 15) is 5.11 Å². The van der Waals surface area contributed by atoms with Gasteiger partial charge >= 0.3 is 0 Å². The van der Waals surface area contributed by atoms with E-state index in [4.69, 9.17) is 0 Å². The van der Waals surface area contributed by atoms with Gasteiger partial charge in [-0.05, 0) is 36.5 Å². The zero-order chi connectivity index (χ0) is 11.8. The van der Waals surface area contributed by atoms with Gasteiger partial charge in [0, 0.05) is 11.3 Å². The zero-order valence-electron chi connectivity index (χ0n) is 10.8. The molecule has 0 unspecified atom stereocenters. The van der Waals surface area contributed by atoms with Crippen LogP contribution in [0, 0.1) is 22.2 Å². The minimum atomic E-state index is -0.149. The Hall–Kier alpha value is -0.300. The van der Waals surface area contributed by atoms with Crippen molar-refractivity contribution in [3.63, 3.8) is 0 Å². The van der Waals surface area contributed by atoms with Crippen molar-refractivity contribution in [3.05, 3.63) is 12.2 Å². The number of aliphatic hydroxyl groups excluding tert-OH is 1. The third-order valence-electron chi connectivity index (χ3n) is 6.95. The molecule has 1 heteroatoms. The summed E-state index contributed by atoms with van der Waals surface area (Å²) in [5.74, 6) is 0.360. The van der Waals surface area contributed by atoms with Crippen molar-refractivity contribution in [3.8, 4) is 0 Å². The van der Waals surface area contributed by atoms with Crippen LogP contribution in [0.4, 0.5) is 0 Å². The van der Waals surface area contributed by atoms with Gasteiger partial charge in [0.15, 0.2) is 0 Å². The second kappa shape index (κ2) is 2.75. The Balaban J connectivity index is 2.21. The Kier molecular flexibility index (Phi) is 1.86. The fourth-order valence-corrected chi connectivity index (χ4v) is 5.52. The van der Waals surface area contributed by atoms with Gasteiger partial charge in [-0.15, -0.1) is 0 Å². The van der Waals surface area contributed by atoms with Gasteiger partial charge in [-0.2, -0.15) is 0 Å². The summed E-state index contributed by atoms with van der Waals surface area (Å²) < 4.78 is 0. The van der Waals surface area contributed by atoms with E-state index in [1.54, 1.807) is 0 Å². The van der Waals surface area contributed by atoms with Crippen LogP contribution in [0.2, 0.25) is 0 Å². The van der Waals surface area contributed by atoms with Gasteiger partial charge < -0.3 is 5.11 Å². The largest absolute Gasteiger partial charge is 0.392 e. The molecule has 2 bridgehead atoms. The summed E-state index contributed by atoms with van der Waals surface area (Å²) in [5.41, 5.74) is 2.07. The van der Waals surface area contributed by atoms with Crippen LogP contribution < -0.4 is 0 Å². The van der Waals surface area contributed by atoms with Crippen LogP contribution >= 0.6 is 0 Å². The first-order valence-electron chi connectivity index (χ1n) is 6.73. The summed E-state index contributed by atoms with van der Waals surface area (Å²) in [5, 5.41) is 10.7. The van der Waals surface area contributed by atoms with E-state index in [1.165, 1.54) is 24.8 Å². The average molecular weight is 220 g/mol. The highest BCUT2D eigenvalue weighted by Gasteiger charge is 2.72. The second-order valence-electron chi connectivity index (χ2n) is 7.10. The minimum Gasteiger partial charge on any atom is -0.392 e. The molecule has 1 N–H and O–H groups in total. The highest BCUT2D eigenvalue weighted by atomic mass is 16.3. The van der Waals surface area contributed by atoms with E-state index < -0.39 is 0 Å². The van der Waals surface area contributed by atoms with Crippen LogP contribution in [0.1, 0.15) is 52.9 Å². The van der Waals surface area contributed by atoms with E-state index in [2.05, 4.69) is 27.4 Å². The number of aliphatic hydroxyl groups is 1. The molecule has 0 saturated heterocycles. The van der Waals surface area contributed by atoms with Crippen molar-refractivity contribution in [1.29, 1.82) is 0 Å². The van der Waals surface area contributed by atoms with E-state index in [0.717, 1.165) is 12.8 Å². The van der Waals surface area contributed by atoms with Crippen molar-refractivity contribution in [2.75, 3.05) is 0 Å². The Morgan fingerprint density at radius 2 is 1.81 bits per heavy atom. The summed E-state index contributed by atoms with van der Waals surface area (Å²) in [6.07, 6.45) is 6.02. The molecule has 90 valence electrons. The SMILES string of the molecule is C=C1CC[C@@]2(C)[C@H](O)[C@@H]1[C@@]1(C)CCC[C@@]21C. The lowest BCUT2D eigenvalue weighted by atomic mass is 9.59. The molecule has 16 heavy (non-hydrogen) atoms. The van der Waals surface area contributed by atoms with E-state index >= 15 is 0 Å². The molecule has 0 aromatic rings. The first-order chi connectivity index (χ1) is 7.37. The molecule has 0 aliphatic heterocycles. The third-order valence-corrected chi connectivity index (χ3v) is 6.95. The van der Waals surface area contributed by atoms with E-state index in [0.29, 0.717) is 16.7 Å². The van der Waals surface area contributed by atoms with Crippen molar-refractivity contribution in [1.82, 2.24) is 0 Å². The Bertz CT molecular complexity index is 360. The first kappa shape index (κ1) is 10.8. The van der Waals surface area contributed by atoms with Crippen molar-refractivity contribution in [2.24, 2.45) is 22.2 Å². The third kappa shape index (κ3) is 0.827. The Morgan fingerprint density at radius 3 is 2.50 bits per heavy atom. The molecule has 0 aromatic carbocycles. The zero-order valence-corrected chi connectivity index (χ0v) is 10.8.